The lowest BCUT2D eigenvalue weighted by Gasteiger charge is -2.32. The SMILES string of the molecule is CC(C)(C)NC(=O)C(OCc1cc(F)cc(F)c1)C(C)(C)C. The average molecular weight is 313 g/mol. The van der Waals surface area contributed by atoms with Crippen LogP contribution in [0.3, 0.4) is 0 Å². The normalized spacial score (nSPS) is 13.8. The number of carbonyl (C=O) groups excluding carboxylic acids is 1. The van der Waals surface area contributed by atoms with E-state index in [9.17, 15) is 13.6 Å². The van der Waals surface area contributed by atoms with Crippen LogP contribution in [0.1, 0.15) is 47.1 Å². The van der Waals surface area contributed by atoms with Crippen LogP contribution in [0.4, 0.5) is 8.78 Å². The van der Waals surface area contributed by atoms with Gasteiger partial charge < -0.3 is 10.1 Å². The molecule has 0 saturated heterocycles. The molecule has 0 bridgehead atoms. The first kappa shape index (κ1) is 18.6. The summed E-state index contributed by atoms with van der Waals surface area (Å²) in [6.07, 6.45) is -0.724. The maximum atomic E-state index is 13.2. The van der Waals surface area contributed by atoms with Gasteiger partial charge in [-0.25, -0.2) is 8.78 Å². The quantitative estimate of drug-likeness (QED) is 0.918. The van der Waals surface area contributed by atoms with Crippen molar-refractivity contribution in [3.63, 3.8) is 0 Å². The Morgan fingerprint density at radius 3 is 2.00 bits per heavy atom. The summed E-state index contributed by atoms with van der Waals surface area (Å²) >= 11 is 0. The lowest BCUT2D eigenvalue weighted by molar-refractivity contribution is -0.143. The highest BCUT2D eigenvalue weighted by Crippen LogP contribution is 2.24. The number of ether oxygens (including phenoxy) is 1. The number of benzene rings is 1. The number of amides is 1. The van der Waals surface area contributed by atoms with Crippen molar-refractivity contribution in [1.82, 2.24) is 5.32 Å². The Morgan fingerprint density at radius 1 is 1.09 bits per heavy atom. The molecule has 3 nitrogen and oxygen atoms in total. The highest BCUT2D eigenvalue weighted by molar-refractivity contribution is 5.82. The molecule has 1 aromatic carbocycles. The minimum atomic E-state index is -0.724. The van der Waals surface area contributed by atoms with Crippen molar-refractivity contribution in [2.45, 2.75) is 59.8 Å². The molecule has 1 N–H and O–H groups in total. The Bertz CT molecular complexity index is 510. The first-order valence-corrected chi connectivity index (χ1v) is 7.27. The number of carbonyl (C=O) groups is 1. The zero-order valence-electron chi connectivity index (χ0n) is 14.1. The van der Waals surface area contributed by atoms with Gasteiger partial charge >= 0.3 is 0 Å². The van der Waals surface area contributed by atoms with E-state index in [0.717, 1.165) is 6.07 Å². The van der Waals surface area contributed by atoms with Crippen molar-refractivity contribution in [1.29, 1.82) is 0 Å². The van der Waals surface area contributed by atoms with Crippen LogP contribution >= 0.6 is 0 Å². The highest BCUT2D eigenvalue weighted by Gasteiger charge is 2.34. The van der Waals surface area contributed by atoms with E-state index in [2.05, 4.69) is 5.32 Å². The highest BCUT2D eigenvalue weighted by atomic mass is 19.1. The molecule has 22 heavy (non-hydrogen) atoms. The van der Waals surface area contributed by atoms with Crippen molar-refractivity contribution in [3.05, 3.63) is 35.4 Å². The van der Waals surface area contributed by atoms with Crippen LogP contribution in [0.5, 0.6) is 0 Å². The van der Waals surface area contributed by atoms with E-state index in [1.807, 2.05) is 41.5 Å². The van der Waals surface area contributed by atoms with E-state index in [4.69, 9.17) is 4.74 Å². The molecular weight excluding hydrogens is 288 g/mol. The molecule has 0 aromatic heterocycles. The Morgan fingerprint density at radius 2 is 1.59 bits per heavy atom. The van der Waals surface area contributed by atoms with Crippen LogP contribution in [-0.2, 0) is 16.1 Å². The van der Waals surface area contributed by atoms with Crippen molar-refractivity contribution < 1.29 is 18.3 Å². The van der Waals surface area contributed by atoms with Crippen LogP contribution < -0.4 is 5.32 Å². The van der Waals surface area contributed by atoms with Gasteiger partial charge in [0.1, 0.15) is 17.7 Å². The molecule has 1 unspecified atom stereocenters. The average Bonchev–Trinajstić information content (AvgIpc) is 2.22. The van der Waals surface area contributed by atoms with Gasteiger partial charge in [0.2, 0.25) is 5.91 Å². The summed E-state index contributed by atoms with van der Waals surface area (Å²) in [4.78, 5) is 12.4. The Balaban J connectivity index is 2.84. The van der Waals surface area contributed by atoms with Gasteiger partial charge in [-0.3, -0.25) is 4.79 Å². The minimum Gasteiger partial charge on any atom is -0.363 e. The molecule has 1 aromatic rings. The monoisotopic (exact) mass is 313 g/mol. The number of rotatable bonds is 4. The lowest BCUT2D eigenvalue weighted by atomic mass is 9.88. The molecule has 0 heterocycles. The molecule has 0 fully saturated rings. The van der Waals surface area contributed by atoms with Crippen molar-refractivity contribution >= 4 is 5.91 Å². The summed E-state index contributed by atoms with van der Waals surface area (Å²) in [6.45, 7) is 11.3. The molecule has 0 radical (unpaired) electrons. The third kappa shape index (κ3) is 6.10. The van der Waals surface area contributed by atoms with E-state index in [-0.39, 0.29) is 18.1 Å². The van der Waals surface area contributed by atoms with E-state index in [1.165, 1.54) is 12.1 Å². The van der Waals surface area contributed by atoms with Crippen LogP contribution in [0.2, 0.25) is 0 Å². The molecule has 124 valence electrons. The number of hydrogen-bond donors (Lipinski definition) is 1. The molecule has 1 atom stereocenters. The molecular formula is C17H25F2NO2. The summed E-state index contributed by atoms with van der Waals surface area (Å²) in [5, 5.41) is 2.87. The van der Waals surface area contributed by atoms with Crippen molar-refractivity contribution in [2.75, 3.05) is 0 Å². The zero-order chi connectivity index (χ0) is 17.1. The van der Waals surface area contributed by atoms with Crippen molar-refractivity contribution in [3.8, 4) is 0 Å². The second-order valence-corrected chi connectivity index (χ2v) is 7.57. The summed E-state index contributed by atoms with van der Waals surface area (Å²) in [6, 6.07) is 3.20. The third-order valence-electron chi connectivity index (χ3n) is 2.86. The standard InChI is InChI=1S/C17H25F2NO2/c1-16(2,3)14(15(21)20-17(4,5)6)22-10-11-7-12(18)9-13(19)8-11/h7-9,14H,10H2,1-6H3,(H,20,21). The molecule has 1 amide bonds. The van der Waals surface area contributed by atoms with Gasteiger partial charge in [0.15, 0.2) is 0 Å². The fraction of sp³-hybridized carbons (Fsp3) is 0.588. The van der Waals surface area contributed by atoms with Gasteiger partial charge in [-0.05, 0) is 43.9 Å². The molecule has 0 saturated carbocycles. The topological polar surface area (TPSA) is 38.3 Å². The summed E-state index contributed by atoms with van der Waals surface area (Å²) in [5.74, 6) is -1.56. The van der Waals surface area contributed by atoms with Gasteiger partial charge in [0.05, 0.1) is 6.61 Å². The Hall–Kier alpha value is -1.49. The zero-order valence-corrected chi connectivity index (χ0v) is 14.1. The predicted octanol–water partition coefficient (Wildman–Crippen LogP) is 3.81. The molecule has 0 spiro atoms. The molecule has 0 aliphatic rings. The summed E-state index contributed by atoms with van der Waals surface area (Å²) in [7, 11) is 0. The second-order valence-electron chi connectivity index (χ2n) is 7.57. The van der Waals surface area contributed by atoms with E-state index < -0.39 is 23.2 Å². The third-order valence-corrected chi connectivity index (χ3v) is 2.86. The Kier molecular flexibility index (Phi) is 5.68. The smallest absolute Gasteiger partial charge is 0.250 e. The van der Waals surface area contributed by atoms with Gasteiger partial charge in [-0.15, -0.1) is 0 Å². The number of hydrogen-bond acceptors (Lipinski definition) is 2. The molecule has 1 rings (SSSR count). The van der Waals surface area contributed by atoms with Gasteiger partial charge in [-0.2, -0.15) is 0 Å². The van der Waals surface area contributed by atoms with Crippen LogP contribution in [0.15, 0.2) is 18.2 Å². The summed E-state index contributed by atoms with van der Waals surface area (Å²) in [5.41, 5.74) is -0.467. The minimum absolute atomic E-state index is 0.0336. The van der Waals surface area contributed by atoms with Gasteiger partial charge in [0, 0.05) is 11.6 Å². The van der Waals surface area contributed by atoms with Gasteiger partial charge in [-0.1, -0.05) is 20.8 Å². The second kappa shape index (κ2) is 6.73. The number of halogens is 2. The fourth-order valence-corrected chi connectivity index (χ4v) is 2.03. The largest absolute Gasteiger partial charge is 0.363 e. The van der Waals surface area contributed by atoms with Gasteiger partial charge in [0.25, 0.3) is 0 Å². The van der Waals surface area contributed by atoms with E-state index >= 15 is 0 Å². The van der Waals surface area contributed by atoms with Crippen LogP contribution in [0, 0.1) is 17.0 Å². The molecule has 5 heteroatoms. The predicted molar refractivity (Wildman–Crippen MR) is 82.3 cm³/mol. The lowest BCUT2D eigenvalue weighted by Crippen LogP contribution is -2.50. The maximum Gasteiger partial charge on any atom is 0.250 e. The van der Waals surface area contributed by atoms with Crippen LogP contribution in [-0.4, -0.2) is 17.6 Å². The maximum absolute atomic E-state index is 13.2. The Labute approximate surface area is 131 Å². The van der Waals surface area contributed by atoms with Crippen LogP contribution in [0.25, 0.3) is 0 Å². The summed E-state index contributed by atoms with van der Waals surface area (Å²) < 4.78 is 32.0. The molecule has 0 aliphatic carbocycles. The molecule has 0 aliphatic heterocycles. The van der Waals surface area contributed by atoms with E-state index in [0.29, 0.717) is 5.56 Å². The fourth-order valence-electron chi connectivity index (χ4n) is 2.03. The van der Waals surface area contributed by atoms with E-state index in [1.54, 1.807) is 0 Å². The number of nitrogens with one attached hydrogen (secondary N) is 1. The first-order chi connectivity index (χ1) is 9.88. The van der Waals surface area contributed by atoms with Crippen molar-refractivity contribution in [2.24, 2.45) is 5.41 Å². The first-order valence-electron chi connectivity index (χ1n) is 7.27.